The van der Waals surface area contributed by atoms with Crippen molar-refractivity contribution < 1.29 is 0 Å². The summed E-state index contributed by atoms with van der Waals surface area (Å²) in [6, 6.07) is 0. The molecule has 0 nitrogen and oxygen atoms in total. The molecule has 2 unspecified atom stereocenters. The van der Waals surface area contributed by atoms with Crippen molar-refractivity contribution in [3.05, 3.63) is 11.6 Å². The molecule has 0 aliphatic heterocycles. The summed E-state index contributed by atoms with van der Waals surface area (Å²) < 4.78 is 0. The van der Waals surface area contributed by atoms with Crippen molar-refractivity contribution in [1.29, 1.82) is 0 Å². The fraction of sp³-hybridized carbons (Fsp3) is 0.846. The van der Waals surface area contributed by atoms with Crippen LogP contribution >= 0.6 is 0 Å². The summed E-state index contributed by atoms with van der Waals surface area (Å²) in [4.78, 5) is 0. The fourth-order valence-corrected chi connectivity index (χ4v) is 2.32. The van der Waals surface area contributed by atoms with Gasteiger partial charge in [-0.15, -0.1) is 0 Å². The van der Waals surface area contributed by atoms with Crippen LogP contribution in [0.5, 0.6) is 0 Å². The average Bonchev–Trinajstić information content (AvgIpc) is 2.11. The Morgan fingerprint density at radius 2 is 2.23 bits per heavy atom. The maximum Gasteiger partial charge on any atom is -0.0263 e. The van der Waals surface area contributed by atoms with Crippen molar-refractivity contribution in [3.63, 3.8) is 0 Å². The highest BCUT2D eigenvalue weighted by Gasteiger charge is 2.31. The molecule has 0 aromatic carbocycles. The van der Waals surface area contributed by atoms with Crippen molar-refractivity contribution in [1.82, 2.24) is 0 Å². The van der Waals surface area contributed by atoms with Gasteiger partial charge in [0.1, 0.15) is 0 Å². The van der Waals surface area contributed by atoms with E-state index in [1.807, 2.05) is 0 Å². The highest BCUT2D eigenvalue weighted by molar-refractivity contribution is 5.06. The van der Waals surface area contributed by atoms with E-state index in [1.54, 1.807) is 5.57 Å². The van der Waals surface area contributed by atoms with Gasteiger partial charge < -0.3 is 0 Å². The van der Waals surface area contributed by atoms with Gasteiger partial charge >= 0.3 is 0 Å². The van der Waals surface area contributed by atoms with E-state index in [0.29, 0.717) is 5.41 Å². The van der Waals surface area contributed by atoms with Crippen molar-refractivity contribution in [2.45, 2.75) is 59.8 Å². The Labute approximate surface area is 83.4 Å². The van der Waals surface area contributed by atoms with E-state index < -0.39 is 0 Å². The van der Waals surface area contributed by atoms with E-state index in [9.17, 15) is 0 Å². The number of hydrogen-bond acceptors (Lipinski definition) is 0. The predicted molar refractivity (Wildman–Crippen MR) is 59.8 cm³/mol. The molecule has 0 saturated carbocycles. The molecule has 0 spiro atoms. The molecule has 0 bridgehead atoms. The van der Waals surface area contributed by atoms with E-state index in [2.05, 4.69) is 33.8 Å². The molecule has 0 aromatic rings. The molecule has 13 heavy (non-hydrogen) atoms. The third kappa shape index (κ3) is 2.59. The molecular weight excluding hydrogens is 156 g/mol. The van der Waals surface area contributed by atoms with Crippen molar-refractivity contribution in [3.8, 4) is 0 Å². The van der Waals surface area contributed by atoms with E-state index in [0.717, 1.165) is 5.92 Å². The lowest BCUT2D eigenvalue weighted by atomic mass is 9.67. The highest BCUT2D eigenvalue weighted by atomic mass is 14.4. The molecule has 0 saturated heterocycles. The summed E-state index contributed by atoms with van der Waals surface area (Å²) >= 11 is 0. The molecule has 1 aliphatic carbocycles. The second-order valence-electron chi connectivity index (χ2n) is 5.10. The Kier molecular flexibility index (Phi) is 3.58. The van der Waals surface area contributed by atoms with Crippen LogP contribution in [0.15, 0.2) is 11.6 Å². The van der Waals surface area contributed by atoms with Crippen LogP contribution in [0, 0.1) is 11.3 Å². The summed E-state index contributed by atoms with van der Waals surface area (Å²) in [5, 5.41) is 0. The molecule has 0 amide bonds. The molecule has 1 aliphatic rings. The Hall–Kier alpha value is -0.260. The van der Waals surface area contributed by atoms with Crippen LogP contribution in [0.25, 0.3) is 0 Å². The zero-order chi connectivity index (χ0) is 9.90. The Morgan fingerprint density at radius 1 is 1.54 bits per heavy atom. The molecule has 2 atom stereocenters. The lowest BCUT2D eigenvalue weighted by Gasteiger charge is -2.38. The smallest absolute Gasteiger partial charge is 0.0263 e. The zero-order valence-corrected chi connectivity index (χ0v) is 9.69. The average molecular weight is 180 g/mol. The van der Waals surface area contributed by atoms with Crippen molar-refractivity contribution >= 4 is 0 Å². The van der Waals surface area contributed by atoms with Crippen LogP contribution in [-0.2, 0) is 0 Å². The maximum atomic E-state index is 2.47. The topological polar surface area (TPSA) is 0 Å². The molecular formula is C13H24. The van der Waals surface area contributed by atoms with Crippen LogP contribution in [0.1, 0.15) is 59.8 Å². The predicted octanol–water partition coefficient (Wildman–Crippen LogP) is 4.56. The minimum absolute atomic E-state index is 0.593. The molecule has 0 fully saturated rings. The third-order valence-corrected chi connectivity index (χ3v) is 3.92. The van der Waals surface area contributed by atoms with Gasteiger partial charge in [-0.3, -0.25) is 0 Å². The summed E-state index contributed by atoms with van der Waals surface area (Å²) in [5.74, 6) is 0.891. The number of hydrogen-bond donors (Lipinski definition) is 0. The molecule has 0 heterocycles. The number of rotatable bonds is 3. The lowest BCUT2D eigenvalue weighted by Crippen LogP contribution is -2.27. The second-order valence-corrected chi connectivity index (χ2v) is 5.10. The van der Waals surface area contributed by atoms with Crippen LogP contribution in [0.3, 0.4) is 0 Å². The van der Waals surface area contributed by atoms with Crippen LogP contribution < -0.4 is 0 Å². The quantitative estimate of drug-likeness (QED) is 0.558. The largest absolute Gasteiger partial charge is 0.0851 e. The Bertz CT molecular complexity index is 190. The third-order valence-electron chi connectivity index (χ3n) is 3.92. The van der Waals surface area contributed by atoms with Gasteiger partial charge in [0.05, 0.1) is 0 Å². The van der Waals surface area contributed by atoms with E-state index in [4.69, 9.17) is 0 Å². The van der Waals surface area contributed by atoms with Gasteiger partial charge in [0.15, 0.2) is 0 Å². The van der Waals surface area contributed by atoms with Gasteiger partial charge in [0.2, 0.25) is 0 Å². The summed E-state index contributed by atoms with van der Waals surface area (Å²) in [7, 11) is 0. The normalized spacial score (nSPS) is 31.2. The summed E-state index contributed by atoms with van der Waals surface area (Å²) in [6.45, 7) is 9.46. The van der Waals surface area contributed by atoms with Crippen molar-refractivity contribution in [2.24, 2.45) is 11.3 Å². The van der Waals surface area contributed by atoms with Crippen LogP contribution in [0.4, 0.5) is 0 Å². The Balaban J connectivity index is 2.57. The standard InChI is InChI=1S/C13H24/c1-5-6-12(3)13(4)9-7-11(2)8-10-13/h7,12H,5-6,8-10H2,1-4H3. The van der Waals surface area contributed by atoms with Crippen LogP contribution in [0.2, 0.25) is 0 Å². The van der Waals surface area contributed by atoms with Gasteiger partial charge in [0, 0.05) is 0 Å². The molecule has 0 aromatic heterocycles. The second kappa shape index (κ2) is 4.30. The minimum Gasteiger partial charge on any atom is -0.0851 e. The fourth-order valence-electron chi connectivity index (χ4n) is 2.32. The van der Waals surface area contributed by atoms with Gasteiger partial charge in [0.25, 0.3) is 0 Å². The van der Waals surface area contributed by atoms with E-state index in [-0.39, 0.29) is 0 Å². The van der Waals surface area contributed by atoms with Gasteiger partial charge in [-0.25, -0.2) is 0 Å². The van der Waals surface area contributed by atoms with Gasteiger partial charge in [-0.2, -0.15) is 0 Å². The zero-order valence-electron chi connectivity index (χ0n) is 9.69. The van der Waals surface area contributed by atoms with Gasteiger partial charge in [-0.1, -0.05) is 45.3 Å². The van der Waals surface area contributed by atoms with E-state index >= 15 is 0 Å². The lowest BCUT2D eigenvalue weighted by molar-refractivity contribution is 0.167. The monoisotopic (exact) mass is 180 g/mol. The van der Waals surface area contributed by atoms with Crippen LogP contribution in [-0.4, -0.2) is 0 Å². The Morgan fingerprint density at radius 3 is 2.69 bits per heavy atom. The molecule has 0 N–H and O–H groups in total. The molecule has 0 heteroatoms. The summed E-state index contributed by atoms with van der Waals surface area (Å²) in [5.41, 5.74) is 2.19. The van der Waals surface area contributed by atoms with Gasteiger partial charge in [-0.05, 0) is 37.5 Å². The molecule has 1 rings (SSSR count). The SMILES string of the molecule is CCCC(C)C1(C)CC=C(C)CC1. The molecule has 76 valence electrons. The molecule has 0 radical (unpaired) electrons. The summed E-state index contributed by atoms with van der Waals surface area (Å²) in [6.07, 6.45) is 9.21. The number of allylic oxidation sites excluding steroid dienone is 2. The first-order valence-corrected chi connectivity index (χ1v) is 5.74. The first kappa shape index (κ1) is 10.8. The minimum atomic E-state index is 0.593. The maximum absolute atomic E-state index is 2.47. The van der Waals surface area contributed by atoms with E-state index in [1.165, 1.54) is 32.1 Å². The first-order chi connectivity index (χ1) is 6.08. The highest BCUT2D eigenvalue weighted by Crippen LogP contribution is 2.42. The van der Waals surface area contributed by atoms with Crippen molar-refractivity contribution in [2.75, 3.05) is 0 Å². The first-order valence-electron chi connectivity index (χ1n) is 5.74.